The summed E-state index contributed by atoms with van der Waals surface area (Å²) >= 11 is 0. The topological polar surface area (TPSA) is 80.3 Å². The summed E-state index contributed by atoms with van der Waals surface area (Å²) in [6.07, 6.45) is -0.940. The molecule has 0 heterocycles. The Hall–Kier alpha value is -0.710. The van der Waals surface area contributed by atoms with Crippen molar-refractivity contribution in [1.82, 2.24) is 0 Å². The van der Waals surface area contributed by atoms with Gasteiger partial charge in [-0.05, 0) is 12.8 Å². The molecular weight excluding hydrogens is 144 g/mol. The predicted molar refractivity (Wildman–Crippen MR) is 26.6 cm³/mol. The number of aliphatic carboxylic acids is 2. The molecule has 0 spiro atoms. The summed E-state index contributed by atoms with van der Waals surface area (Å²) in [6.45, 7) is 0. The Balaban J connectivity index is 0. The lowest BCUT2D eigenvalue weighted by Gasteiger charge is -2.00. The zero-order chi connectivity index (χ0) is 6.57. The normalized spacial score (nSPS) is 7.56. The number of hydrogen-bond acceptors (Lipinski definition) is 4. The minimum Gasteiger partial charge on any atom is -0.550 e. The summed E-state index contributed by atoms with van der Waals surface area (Å²) in [4.78, 5) is 19.0. The standard InChI is InChI=1S/C4H6O4.S/c5-3(6)1-2-4(7)8;/h1-2H2,(H,5,6)(H,7,8);/q;+2/p-2. The molecule has 0 aromatic rings. The van der Waals surface area contributed by atoms with Crippen LogP contribution in [0.25, 0.3) is 0 Å². The van der Waals surface area contributed by atoms with Crippen LogP contribution in [-0.4, -0.2) is 11.9 Å². The van der Waals surface area contributed by atoms with Gasteiger partial charge in [-0.1, -0.05) is 0 Å². The number of hydrogen-bond donors (Lipinski definition) is 0. The van der Waals surface area contributed by atoms with Gasteiger partial charge in [0.15, 0.2) is 0 Å². The fourth-order valence-corrected chi connectivity index (χ4v) is 0.204. The molecule has 0 aliphatic heterocycles. The number of rotatable bonds is 3. The first kappa shape index (κ1) is 11.1. The van der Waals surface area contributed by atoms with Crippen molar-refractivity contribution in [2.24, 2.45) is 0 Å². The van der Waals surface area contributed by atoms with Crippen LogP contribution in [0.3, 0.4) is 0 Å². The van der Waals surface area contributed by atoms with Crippen molar-refractivity contribution in [1.29, 1.82) is 0 Å². The second kappa shape index (κ2) is 5.43. The first-order valence-electron chi connectivity index (χ1n) is 2.02. The molecule has 9 heavy (non-hydrogen) atoms. The molecule has 0 aliphatic carbocycles. The quantitative estimate of drug-likeness (QED) is 0.435. The fourth-order valence-electron chi connectivity index (χ4n) is 0.204. The van der Waals surface area contributed by atoms with Gasteiger partial charge in [0.2, 0.25) is 0 Å². The number of carbonyl (C=O) groups excluding carboxylic acids is 2. The van der Waals surface area contributed by atoms with E-state index in [0.717, 1.165) is 0 Å². The molecule has 4 radical (unpaired) electrons. The van der Waals surface area contributed by atoms with E-state index in [9.17, 15) is 19.8 Å². The van der Waals surface area contributed by atoms with E-state index in [1.807, 2.05) is 0 Å². The van der Waals surface area contributed by atoms with Crippen molar-refractivity contribution in [3.63, 3.8) is 0 Å². The molecular formula is C4H4O4S. The van der Waals surface area contributed by atoms with Crippen LogP contribution in [0, 0.1) is 0 Å². The summed E-state index contributed by atoms with van der Waals surface area (Å²) in [5, 5.41) is 19.0. The predicted octanol–water partition coefficient (Wildman–Crippen LogP) is -2.74. The maximum atomic E-state index is 9.50. The zero-order valence-electron chi connectivity index (χ0n) is 4.46. The minimum absolute atomic E-state index is 0. The van der Waals surface area contributed by atoms with Gasteiger partial charge >= 0.3 is 13.5 Å². The van der Waals surface area contributed by atoms with Gasteiger partial charge < -0.3 is 19.8 Å². The van der Waals surface area contributed by atoms with E-state index >= 15 is 0 Å². The summed E-state index contributed by atoms with van der Waals surface area (Å²) in [6, 6.07) is 0. The van der Waals surface area contributed by atoms with Crippen molar-refractivity contribution in [3.8, 4) is 0 Å². The van der Waals surface area contributed by atoms with Crippen LogP contribution in [0.1, 0.15) is 12.8 Å². The largest absolute Gasteiger partial charge is 2.00 e. The molecule has 0 aromatic heterocycles. The van der Waals surface area contributed by atoms with Gasteiger partial charge in [0.25, 0.3) is 0 Å². The number of carbonyl (C=O) groups is 2. The van der Waals surface area contributed by atoms with Crippen LogP contribution in [0.2, 0.25) is 0 Å². The van der Waals surface area contributed by atoms with E-state index in [1.165, 1.54) is 0 Å². The highest BCUT2D eigenvalue weighted by Gasteiger charge is 2.00. The molecule has 0 aliphatic rings. The average Bonchev–Trinajstić information content (AvgIpc) is 1.61. The molecule has 0 unspecified atom stereocenters. The molecule has 0 saturated heterocycles. The second-order valence-corrected chi connectivity index (χ2v) is 1.24. The Labute approximate surface area is 58.9 Å². The molecule has 0 aromatic carbocycles. The molecule has 4 nitrogen and oxygen atoms in total. The molecule has 0 bridgehead atoms. The number of carboxylic acid groups (broad SMARTS) is 2. The summed E-state index contributed by atoms with van der Waals surface area (Å²) in [5.74, 6) is -2.73. The van der Waals surface area contributed by atoms with Crippen LogP contribution in [0.5, 0.6) is 0 Å². The van der Waals surface area contributed by atoms with Crippen molar-refractivity contribution in [2.75, 3.05) is 0 Å². The Morgan fingerprint density at radius 1 is 1.00 bits per heavy atom. The summed E-state index contributed by atoms with van der Waals surface area (Å²) in [5.41, 5.74) is 0. The van der Waals surface area contributed by atoms with Gasteiger partial charge in [0.1, 0.15) is 0 Å². The molecule has 0 saturated carbocycles. The highest BCUT2D eigenvalue weighted by molar-refractivity contribution is 7.37. The van der Waals surface area contributed by atoms with E-state index in [0.29, 0.717) is 0 Å². The Kier molecular flexibility index (Phi) is 6.71. The lowest BCUT2D eigenvalue weighted by atomic mass is 10.3. The van der Waals surface area contributed by atoms with Crippen LogP contribution in [0.15, 0.2) is 0 Å². The zero-order valence-corrected chi connectivity index (χ0v) is 5.27. The third-order valence-corrected chi connectivity index (χ3v) is 0.533. The molecule has 50 valence electrons. The molecule has 0 amide bonds. The summed E-state index contributed by atoms with van der Waals surface area (Å²) in [7, 11) is 0. The van der Waals surface area contributed by atoms with Crippen molar-refractivity contribution < 1.29 is 19.8 Å². The van der Waals surface area contributed by atoms with E-state index < -0.39 is 24.8 Å². The highest BCUT2D eigenvalue weighted by atomic mass is 32.1. The van der Waals surface area contributed by atoms with E-state index in [4.69, 9.17) is 0 Å². The highest BCUT2D eigenvalue weighted by Crippen LogP contribution is 1.81. The Bertz CT molecular complexity index is 97.1. The first-order valence-corrected chi connectivity index (χ1v) is 2.02. The lowest BCUT2D eigenvalue weighted by Crippen LogP contribution is -2.27. The van der Waals surface area contributed by atoms with Crippen LogP contribution < -0.4 is 10.2 Å². The van der Waals surface area contributed by atoms with Crippen molar-refractivity contribution in [2.45, 2.75) is 12.8 Å². The maximum Gasteiger partial charge on any atom is 2.00 e. The van der Waals surface area contributed by atoms with Gasteiger partial charge in [0, 0.05) is 11.9 Å². The minimum atomic E-state index is -1.37. The Morgan fingerprint density at radius 3 is 1.33 bits per heavy atom. The smallest absolute Gasteiger partial charge is 0.550 e. The lowest BCUT2D eigenvalue weighted by molar-refractivity contribution is -0.315. The van der Waals surface area contributed by atoms with Crippen molar-refractivity contribution in [3.05, 3.63) is 0 Å². The average molecular weight is 148 g/mol. The number of carboxylic acids is 2. The van der Waals surface area contributed by atoms with Gasteiger partial charge in [0.05, 0.1) is 0 Å². The Morgan fingerprint density at radius 2 is 1.22 bits per heavy atom. The monoisotopic (exact) mass is 148 g/mol. The van der Waals surface area contributed by atoms with Gasteiger partial charge in [-0.25, -0.2) is 0 Å². The van der Waals surface area contributed by atoms with Crippen LogP contribution in [0.4, 0.5) is 0 Å². The molecule has 5 heteroatoms. The summed E-state index contributed by atoms with van der Waals surface area (Å²) < 4.78 is 0. The van der Waals surface area contributed by atoms with Gasteiger partial charge in [-0.2, -0.15) is 0 Å². The van der Waals surface area contributed by atoms with E-state index in [-0.39, 0.29) is 13.5 Å². The van der Waals surface area contributed by atoms with Gasteiger partial charge in [-0.15, -0.1) is 0 Å². The molecule has 0 rings (SSSR count). The SMILES string of the molecule is O=C([O-])CCC(=O)[O-].[S+2]. The van der Waals surface area contributed by atoms with E-state index in [2.05, 4.69) is 0 Å². The third kappa shape index (κ3) is 11.1. The molecule has 0 atom stereocenters. The first-order chi connectivity index (χ1) is 3.63. The van der Waals surface area contributed by atoms with Crippen molar-refractivity contribution >= 4 is 25.4 Å². The third-order valence-electron chi connectivity index (χ3n) is 0.533. The van der Waals surface area contributed by atoms with E-state index in [1.54, 1.807) is 0 Å². The second-order valence-electron chi connectivity index (χ2n) is 1.24. The molecule has 0 fully saturated rings. The molecule has 0 N–H and O–H groups in total. The van der Waals surface area contributed by atoms with Gasteiger partial charge in [-0.3, -0.25) is 0 Å². The fraction of sp³-hybridized carbons (Fsp3) is 0.500. The van der Waals surface area contributed by atoms with Crippen LogP contribution >= 0.6 is 0 Å². The van der Waals surface area contributed by atoms with Crippen LogP contribution in [-0.2, 0) is 23.1 Å². The maximum absolute atomic E-state index is 9.50.